The van der Waals surface area contributed by atoms with Crippen LogP contribution in [0.5, 0.6) is 5.75 Å². The summed E-state index contributed by atoms with van der Waals surface area (Å²) in [6.07, 6.45) is -1.16. The summed E-state index contributed by atoms with van der Waals surface area (Å²) in [5.74, 6) is 0.489. The molecule has 0 radical (unpaired) electrons. The number of benzene rings is 1. The highest BCUT2D eigenvalue weighted by Gasteiger charge is 2.28. The normalized spacial score (nSPS) is 20.1. The number of carbonyl (C=O) groups is 1. The number of carbonyl (C=O) groups excluding carboxylic acids is 1. The van der Waals surface area contributed by atoms with Crippen molar-refractivity contribution in [3.63, 3.8) is 0 Å². The summed E-state index contributed by atoms with van der Waals surface area (Å²) >= 11 is 3.38. The van der Waals surface area contributed by atoms with Crippen LogP contribution < -0.4 is 4.74 Å². The van der Waals surface area contributed by atoms with Crippen LogP contribution in [-0.4, -0.2) is 42.7 Å². The number of hydrogen-bond acceptors (Lipinski definition) is 4. The summed E-state index contributed by atoms with van der Waals surface area (Å²) in [5.41, 5.74) is 0. The van der Waals surface area contributed by atoms with Gasteiger partial charge in [-0.05, 0) is 35.0 Å². The van der Waals surface area contributed by atoms with Crippen LogP contribution in [0.25, 0.3) is 0 Å². The van der Waals surface area contributed by atoms with Crippen molar-refractivity contribution in [2.75, 3.05) is 19.7 Å². The van der Waals surface area contributed by atoms with Crippen LogP contribution in [0, 0.1) is 11.3 Å². The second kappa shape index (κ2) is 6.73. The van der Waals surface area contributed by atoms with Crippen molar-refractivity contribution in [2.24, 2.45) is 0 Å². The molecule has 6 heteroatoms. The van der Waals surface area contributed by atoms with Gasteiger partial charge in [0.1, 0.15) is 5.75 Å². The average molecular weight is 339 g/mol. The number of amides is 1. The highest BCUT2D eigenvalue weighted by atomic mass is 79.9. The summed E-state index contributed by atoms with van der Waals surface area (Å²) in [6.45, 7) is 2.87. The number of rotatable bonds is 3. The van der Waals surface area contributed by atoms with E-state index in [1.807, 2.05) is 24.3 Å². The van der Waals surface area contributed by atoms with Gasteiger partial charge in [0.15, 0.2) is 12.2 Å². The lowest BCUT2D eigenvalue weighted by molar-refractivity contribution is -0.143. The third-order valence-electron chi connectivity index (χ3n) is 3.01. The Morgan fingerprint density at radius 3 is 3.05 bits per heavy atom. The smallest absolute Gasteiger partial charge is 0.263 e. The fourth-order valence-corrected chi connectivity index (χ4v) is 2.34. The number of morpholine rings is 1. The van der Waals surface area contributed by atoms with Crippen molar-refractivity contribution in [1.29, 1.82) is 5.26 Å². The fourth-order valence-electron chi connectivity index (χ4n) is 1.97. The summed E-state index contributed by atoms with van der Waals surface area (Å²) in [6, 6.07) is 9.40. The second-order valence-corrected chi connectivity index (χ2v) is 5.32. The Bertz CT molecular complexity index is 529. The first-order valence-corrected chi connectivity index (χ1v) is 7.12. The minimum absolute atomic E-state index is 0.135. The van der Waals surface area contributed by atoms with Crippen molar-refractivity contribution in [3.8, 4) is 11.8 Å². The SMILES string of the molecule is C[C@@H](Oc1ccccc1Br)C(=O)N1CCO[C@@H](C#N)C1. The highest BCUT2D eigenvalue weighted by molar-refractivity contribution is 9.10. The van der Waals surface area contributed by atoms with Crippen molar-refractivity contribution in [1.82, 2.24) is 4.90 Å². The van der Waals surface area contributed by atoms with E-state index in [2.05, 4.69) is 15.9 Å². The molecule has 20 heavy (non-hydrogen) atoms. The zero-order valence-corrected chi connectivity index (χ0v) is 12.7. The van der Waals surface area contributed by atoms with E-state index in [9.17, 15) is 4.79 Å². The van der Waals surface area contributed by atoms with Crippen LogP contribution in [0.2, 0.25) is 0 Å². The molecule has 5 nitrogen and oxygen atoms in total. The van der Waals surface area contributed by atoms with Crippen molar-refractivity contribution < 1.29 is 14.3 Å². The van der Waals surface area contributed by atoms with Crippen molar-refractivity contribution >= 4 is 21.8 Å². The maximum atomic E-state index is 12.3. The largest absolute Gasteiger partial charge is 0.480 e. The number of nitriles is 1. The molecule has 0 bridgehead atoms. The molecule has 0 spiro atoms. The molecule has 0 saturated carbocycles. The number of ether oxygens (including phenoxy) is 2. The number of halogens is 1. The van der Waals surface area contributed by atoms with E-state index in [0.29, 0.717) is 25.4 Å². The lowest BCUT2D eigenvalue weighted by atomic mass is 10.2. The minimum Gasteiger partial charge on any atom is -0.480 e. The molecular weight excluding hydrogens is 324 g/mol. The Morgan fingerprint density at radius 2 is 2.35 bits per heavy atom. The summed E-state index contributed by atoms with van der Waals surface area (Å²) < 4.78 is 11.7. The Hall–Kier alpha value is -1.58. The molecule has 1 aromatic rings. The molecule has 2 atom stereocenters. The number of hydrogen-bond donors (Lipinski definition) is 0. The van der Waals surface area contributed by atoms with Gasteiger partial charge in [0.25, 0.3) is 5.91 Å². The Labute approximate surface area is 126 Å². The standard InChI is InChI=1S/C14H15BrN2O3/c1-10(20-13-5-3-2-4-12(13)15)14(18)17-6-7-19-11(8-16)9-17/h2-5,10-11H,6-7,9H2,1H3/t10-,11+/m1/s1. The minimum atomic E-state index is -0.605. The summed E-state index contributed by atoms with van der Waals surface area (Å²) in [4.78, 5) is 13.9. The van der Waals surface area contributed by atoms with Crippen LogP contribution in [0.3, 0.4) is 0 Å². The average Bonchev–Trinajstić information content (AvgIpc) is 2.48. The van der Waals surface area contributed by atoms with Crippen LogP contribution >= 0.6 is 15.9 Å². The fraction of sp³-hybridized carbons (Fsp3) is 0.429. The Kier molecular flexibility index (Phi) is 4.99. The maximum absolute atomic E-state index is 12.3. The van der Waals surface area contributed by atoms with Crippen LogP contribution in [0.1, 0.15) is 6.92 Å². The van der Waals surface area contributed by atoms with Gasteiger partial charge in [-0.25, -0.2) is 0 Å². The zero-order valence-electron chi connectivity index (χ0n) is 11.1. The predicted molar refractivity (Wildman–Crippen MR) is 76.2 cm³/mol. The molecule has 1 aliphatic rings. The summed E-state index contributed by atoms with van der Waals surface area (Å²) in [7, 11) is 0. The quantitative estimate of drug-likeness (QED) is 0.845. The monoisotopic (exact) mass is 338 g/mol. The third kappa shape index (κ3) is 3.50. The van der Waals surface area contributed by atoms with E-state index < -0.39 is 12.2 Å². The molecule has 1 fully saturated rings. The Balaban J connectivity index is 1.99. The first-order chi connectivity index (χ1) is 9.61. The van der Waals surface area contributed by atoms with Gasteiger partial charge in [-0.1, -0.05) is 12.1 Å². The molecular formula is C14H15BrN2O3. The van der Waals surface area contributed by atoms with Crippen molar-refractivity contribution in [2.45, 2.75) is 19.1 Å². The van der Waals surface area contributed by atoms with Crippen molar-refractivity contribution in [3.05, 3.63) is 28.7 Å². The van der Waals surface area contributed by atoms with Gasteiger partial charge in [0.05, 0.1) is 23.7 Å². The predicted octanol–water partition coefficient (Wildman–Crippen LogP) is 1.97. The van der Waals surface area contributed by atoms with Gasteiger partial charge in [-0.3, -0.25) is 4.79 Å². The molecule has 0 unspecified atom stereocenters. The molecule has 0 aliphatic carbocycles. The van der Waals surface area contributed by atoms with Gasteiger partial charge in [-0.15, -0.1) is 0 Å². The second-order valence-electron chi connectivity index (χ2n) is 4.46. The molecule has 106 valence electrons. The maximum Gasteiger partial charge on any atom is 0.263 e. The van der Waals surface area contributed by atoms with E-state index >= 15 is 0 Å². The van der Waals surface area contributed by atoms with E-state index in [-0.39, 0.29) is 5.91 Å². The Morgan fingerprint density at radius 1 is 1.60 bits per heavy atom. The molecule has 0 N–H and O–H groups in total. The van der Waals surface area contributed by atoms with E-state index in [4.69, 9.17) is 14.7 Å². The number of para-hydroxylation sites is 1. The molecule has 1 amide bonds. The van der Waals surface area contributed by atoms with Gasteiger partial charge in [0, 0.05) is 6.54 Å². The lowest BCUT2D eigenvalue weighted by Crippen LogP contribution is -2.49. The van der Waals surface area contributed by atoms with Crippen LogP contribution in [0.15, 0.2) is 28.7 Å². The van der Waals surface area contributed by atoms with E-state index in [1.54, 1.807) is 17.9 Å². The lowest BCUT2D eigenvalue weighted by Gasteiger charge is -2.31. The van der Waals surface area contributed by atoms with Gasteiger partial charge >= 0.3 is 0 Å². The van der Waals surface area contributed by atoms with E-state index in [0.717, 1.165) is 4.47 Å². The molecule has 1 aliphatic heterocycles. The molecule has 0 aromatic heterocycles. The highest BCUT2D eigenvalue weighted by Crippen LogP contribution is 2.25. The summed E-state index contributed by atoms with van der Waals surface area (Å²) in [5, 5.41) is 8.85. The van der Waals surface area contributed by atoms with Crippen LogP contribution in [0.4, 0.5) is 0 Å². The third-order valence-corrected chi connectivity index (χ3v) is 3.67. The molecule has 1 saturated heterocycles. The van der Waals surface area contributed by atoms with Gasteiger partial charge in [-0.2, -0.15) is 5.26 Å². The molecule has 1 heterocycles. The molecule has 2 rings (SSSR count). The molecule has 1 aromatic carbocycles. The van der Waals surface area contributed by atoms with Gasteiger partial charge < -0.3 is 14.4 Å². The first kappa shape index (κ1) is 14.8. The van der Waals surface area contributed by atoms with E-state index in [1.165, 1.54) is 0 Å². The first-order valence-electron chi connectivity index (χ1n) is 6.33. The van der Waals surface area contributed by atoms with Crippen LogP contribution in [-0.2, 0) is 9.53 Å². The van der Waals surface area contributed by atoms with Gasteiger partial charge in [0.2, 0.25) is 0 Å². The zero-order chi connectivity index (χ0) is 14.5. The number of nitrogens with zero attached hydrogens (tertiary/aromatic N) is 2. The topological polar surface area (TPSA) is 62.6 Å².